The number of rotatable bonds is 6. The van der Waals surface area contributed by atoms with Crippen molar-refractivity contribution in [1.82, 2.24) is 20.1 Å². The van der Waals surface area contributed by atoms with Gasteiger partial charge in [0, 0.05) is 6.04 Å². The summed E-state index contributed by atoms with van der Waals surface area (Å²) in [6, 6.07) is 6.98. The lowest BCUT2D eigenvalue weighted by Crippen LogP contribution is -2.56. The van der Waals surface area contributed by atoms with Crippen molar-refractivity contribution in [3.63, 3.8) is 0 Å². The van der Waals surface area contributed by atoms with E-state index in [9.17, 15) is 9.59 Å². The van der Waals surface area contributed by atoms with Crippen LogP contribution >= 0.6 is 0 Å². The topological polar surface area (TPSA) is 86.1 Å². The van der Waals surface area contributed by atoms with Gasteiger partial charge in [0.2, 0.25) is 0 Å². The molecule has 1 aromatic heterocycles. The maximum atomic E-state index is 12.5. The molecular formula is C23H28N4O3. The first kappa shape index (κ1) is 19.3. The number of aromatic nitrogens is 3. The van der Waals surface area contributed by atoms with Gasteiger partial charge in [-0.25, -0.2) is 14.5 Å². The molecule has 0 unspecified atom stereocenters. The number of carbonyl (C=O) groups excluding carboxylic acids is 2. The first-order chi connectivity index (χ1) is 14.5. The number of esters is 1. The molecule has 4 fully saturated rings. The molecule has 7 nitrogen and oxygen atoms in total. The van der Waals surface area contributed by atoms with E-state index in [-0.39, 0.29) is 24.0 Å². The first-order valence-electron chi connectivity index (χ1n) is 10.9. The van der Waals surface area contributed by atoms with E-state index < -0.39 is 5.97 Å². The van der Waals surface area contributed by atoms with Crippen LogP contribution in [0.5, 0.6) is 0 Å². The number of hydrogen-bond acceptors (Lipinski definition) is 5. The molecule has 0 aliphatic heterocycles. The van der Waals surface area contributed by atoms with E-state index in [1.165, 1.54) is 44.9 Å². The van der Waals surface area contributed by atoms with Crippen molar-refractivity contribution < 1.29 is 14.3 Å². The van der Waals surface area contributed by atoms with Gasteiger partial charge in [-0.15, -0.1) is 0 Å². The van der Waals surface area contributed by atoms with E-state index >= 15 is 0 Å². The van der Waals surface area contributed by atoms with Gasteiger partial charge in [-0.2, -0.15) is 5.10 Å². The number of carbonyl (C=O) groups is 2. The van der Waals surface area contributed by atoms with Gasteiger partial charge < -0.3 is 10.1 Å². The van der Waals surface area contributed by atoms with Gasteiger partial charge in [0.25, 0.3) is 5.91 Å². The SMILES string of the molecule is C[C@H](NC(=O)COC(=O)c1ccc(-n2cncn2)cc1)C12CC3CC(CC(C3)C1)C2. The zero-order chi connectivity index (χ0) is 20.7. The van der Waals surface area contributed by atoms with E-state index in [1.807, 2.05) is 0 Å². The standard InChI is InChI=1S/C23H28N4O3/c1-15(23-9-16-6-17(10-23)8-18(7-16)11-23)26-21(28)12-30-22(29)19-2-4-20(5-3-19)27-14-24-13-25-27/h2-5,13-18H,6-12H2,1H3,(H,26,28)/t15-,16?,17?,18?,23?/m0/s1. The molecule has 1 aromatic carbocycles. The molecule has 30 heavy (non-hydrogen) atoms. The molecular weight excluding hydrogens is 380 g/mol. The molecule has 4 bridgehead atoms. The lowest BCUT2D eigenvalue weighted by atomic mass is 9.48. The molecule has 0 saturated heterocycles. The first-order valence-corrected chi connectivity index (χ1v) is 10.9. The smallest absolute Gasteiger partial charge is 0.338 e. The van der Waals surface area contributed by atoms with Gasteiger partial charge in [0.15, 0.2) is 6.61 Å². The Kier molecular flexibility index (Phi) is 4.83. The van der Waals surface area contributed by atoms with Crippen LogP contribution in [0.3, 0.4) is 0 Å². The van der Waals surface area contributed by atoms with Crippen molar-refractivity contribution in [3.8, 4) is 5.69 Å². The molecule has 1 amide bonds. The molecule has 6 rings (SSSR count). The fourth-order valence-electron chi connectivity index (χ4n) is 6.45. The maximum absolute atomic E-state index is 12.5. The third-order valence-electron chi connectivity index (χ3n) is 7.50. The highest BCUT2D eigenvalue weighted by molar-refractivity contribution is 5.91. The van der Waals surface area contributed by atoms with E-state index in [0.29, 0.717) is 5.56 Å². The van der Waals surface area contributed by atoms with E-state index in [4.69, 9.17) is 4.74 Å². The number of benzene rings is 1. The third kappa shape index (κ3) is 3.61. The number of hydrogen-bond donors (Lipinski definition) is 1. The Hall–Kier alpha value is -2.70. The largest absolute Gasteiger partial charge is 0.452 e. The fourth-order valence-corrected chi connectivity index (χ4v) is 6.45. The summed E-state index contributed by atoms with van der Waals surface area (Å²) >= 11 is 0. The van der Waals surface area contributed by atoms with Crippen LogP contribution in [0, 0.1) is 23.2 Å². The molecule has 1 N–H and O–H groups in total. The van der Waals surface area contributed by atoms with Crippen LogP contribution in [0.2, 0.25) is 0 Å². The second kappa shape index (κ2) is 7.52. The predicted molar refractivity (Wildman–Crippen MR) is 110 cm³/mol. The summed E-state index contributed by atoms with van der Waals surface area (Å²) in [5.41, 5.74) is 1.44. The lowest BCUT2D eigenvalue weighted by Gasteiger charge is -2.59. The predicted octanol–water partition coefficient (Wildman–Crippen LogP) is 3.15. The fraction of sp³-hybridized carbons (Fsp3) is 0.565. The summed E-state index contributed by atoms with van der Waals surface area (Å²) in [5, 5.41) is 7.19. The van der Waals surface area contributed by atoms with Crippen LogP contribution < -0.4 is 5.32 Å². The minimum Gasteiger partial charge on any atom is -0.452 e. The van der Waals surface area contributed by atoms with Crippen molar-refractivity contribution >= 4 is 11.9 Å². The molecule has 7 heteroatoms. The van der Waals surface area contributed by atoms with Gasteiger partial charge in [0.1, 0.15) is 12.7 Å². The highest BCUT2D eigenvalue weighted by atomic mass is 16.5. The van der Waals surface area contributed by atoms with E-state index in [1.54, 1.807) is 35.3 Å². The number of nitrogens with one attached hydrogen (secondary N) is 1. The monoisotopic (exact) mass is 408 g/mol. The summed E-state index contributed by atoms with van der Waals surface area (Å²) in [7, 11) is 0. The maximum Gasteiger partial charge on any atom is 0.338 e. The molecule has 1 atom stereocenters. The Balaban J connectivity index is 1.14. The number of nitrogens with zero attached hydrogens (tertiary/aromatic N) is 3. The van der Waals surface area contributed by atoms with Crippen LogP contribution in [0.15, 0.2) is 36.9 Å². The van der Waals surface area contributed by atoms with E-state index in [0.717, 1.165) is 23.4 Å². The third-order valence-corrected chi connectivity index (χ3v) is 7.50. The summed E-state index contributed by atoms with van der Waals surface area (Å²) in [6.07, 6.45) is 10.9. The Labute approximate surface area is 176 Å². The Morgan fingerprint density at radius 3 is 2.33 bits per heavy atom. The zero-order valence-corrected chi connectivity index (χ0v) is 17.3. The second-order valence-corrected chi connectivity index (χ2v) is 9.53. The Morgan fingerprint density at radius 1 is 1.13 bits per heavy atom. The molecule has 1 heterocycles. The van der Waals surface area contributed by atoms with Crippen LogP contribution in [-0.4, -0.2) is 39.3 Å². The van der Waals surface area contributed by atoms with Gasteiger partial charge in [0.05, 0.1) is 11.3 Å². The van der Waals surface area contributed by atoms with Crippen LogP contribution in [0.25, 0.3) is 5.69 Å². The second-order valence-electron chi connectivity index (χ2n) is 9.53. The molecule has 0 radical (unpaired) electrons. The molecule has 4 aliphatic rings. The van der Waals surface area contributed by atoms with E-state index in [2.05, 4.69) is 22.3 Å². The minimum absolute atomic E-state index is 0.124. The molecule has 158 valence electrons. The molecule has 4 aliphatic carbocycles. The molecule has 0 spiro atoms. The summed E-state index contributed by atoms with van der Waals surface area (Å²) in [4.78, 5) is 28.7. The lowest BCUT2D eigenvalue weighted by molar-refractivity contribution is -0.128. The summed E-state index contributed by atoms with van der Waals surface area (Å²) in [6.45, 7) is 1.89. The Bertz CT molecular complexity index is 887. The highest BCUT2D eigenvalue weighted by Gasteiger charge is 2.53. The number of ether oxygens (including phenoxy) is 1. The highest BCUT2D eigenvalue weighted by Crippen LogP contribution is 2.61. The summed E-state index contributed by atoms with van der Waals surface area (Å²) < 4.78 is 6.86. The van der Waals surface area contributed by atoms with Crippen molar-refractivity contribution in [3.05, 3.63) is 42.5 Å². The molecule has 2 aromatic rings. The van der Waals surface area contributed by atoms with Gasteiger partial charge in [-0.3, -0.25) is 4.79 Å². The van der Waals surface area contributed by atoms with Crippen molar-refractivity contribution in [2.75, 3.05) is 6.61 Å². The van der Waals surface area contributed by atoms with Crippen molar-refractivity contribution in [2.24, 2.45) is 23.2 Å². The van der Waals surface area contributed by atoms with Crippen LogP contribution in [0.4, 0.5) is 0 Å². The van der Waals surface area contributed by atoms with Gasteiger partial charge >= 0.3 is 5.97 Å². The van der Waals surface area contributed by atoms with Gasteiger partial charge in [-0.05, 0) is 92.9 Å². The van der Waals surface area contributed by atoms with Crippen LogP contribution in [0.1, 0.15) is 55.8 Å². The van der Waals surface area contributed by atoms with Gasteiger partial charge in [-0.1, -0.05) is 0 Å². The minimum atomic E-state index is -0.502. The van der Waals surface area contributed by atoms with Crippen molar-refractivity contribution in [2.45, 2.75) is 51.5 Å². The summed E-state index contributed by atoms with van der Waals surface area (Å²) in [5.74, 6) is 1.81. The average Bonchev–Trinajstić information content (AvgIpc) is 3.26. The quantitative estimate of drug-likeness (QED) is 0.742. The zero-order valence-electron chi connectivity index (χ0n) is 17.3. The normalized spacial score (nSPS) is 30.1. The Morgan fingerprint density at radius 2 is 1.77 bits per heavy atom. The molecule has 4 saturated carbocycles. The van der Waals surface area contributed by atoms with Crippen molar-refractivity contribution in [1.29, 1.82) is 0 Å². The average molecular weight is 409 g/mol. The number of amides is 1. The van der Waals surface area contributed by atoms with Crippen LogP contribution in [-0.2, 0) is 9.53 Å².